The van der Waals surface area contributed by atoms with Crippen molar-refractivity contribution in [3.8, 4) is 0 Å². The highest BCUT2D eigenvalue weighted by Gasteiger charge is 2.17. The van der Waals surface area contributed by atoms with Crippen LogP contribution in [0, 0.1) is 0 Å². The Morgan fingerprint density at radius 2 is 1.75 bits per heavy atom. The fourth-order valence-electron chi connectivity index (χ4n) is 3.85. The van der Waals surface area contributed by atoms with Crippen LogP contribution in [0.2, 0.25) is 10.0 Å². The number of halogens is 2. The van der Waals surface area contributed by atoms with Gasteiger partial charge in [0.05, 0.1) is 25.8 Å². The summed E-state index contributed by atoms with van der Waals surface area (Å²) in [5.74, 6) is 0.409. The summed E-state index contributed by atoms with van der Waals surface area (Å²) >= 11 is 14.3. The first-order valence-corrected chi connectivity index (χ1v) is 13.9. The van der Waals surface area contributed by atoms with Gasteiger partial charge in [-0.15, -0.1) is 0 Å². The standard InChI is InChI=1S/C24H20Cl2N2OS.C5H5N5/c25-19-8-11-22(23(26)14-19)24(15-28-13-12-27-17-28)29-16-18-6-9-21(10-7-18)30-20-4-2-1-3-5-20;6-4-3-5(9-1-7-3)10-2-8-4/h1-14,17,24H,15-16H2;1-2H,(H3,6,7,8,9,10). The first kappa shape index (κ1) is 27.7. The molecule has 3 aromatic heterocycles. The molecule has 6 rings (SSSR count). The van der Waals surface area contributed by atoms with E-state index < -0.39 is 0 Å². The summed E-state index contributed by atoms with van der Waals surface area (Å²) in [7, 11) is 0. The van der Waals surface area contributed by atoms with Crippen LogP contribution < -0.4 is 5.73 Å². The van der Waals surface area contributed by atoms with Crippen molar-refractivity contribution in [2.45, 2.75) is 29.0 Å². The number of aromatic nitrogens is 6. The Kier molecular flexibility index (Phi) is 9.30. The zero-order valence-corrected chi connectivity index (χ0v) is 23.5. The Balaban J connectivity index is 0.000000269. The largest absolute Gasteiger partial charge is 0.382 e. The number of nitrogens with one attached hydrogen (secondary N) is 1. The van der Waals surface area contributed by atoms with Crippen LogP contribution in [0.1, 0.15) is 17.2 Å². The lowest BCUT2D eigenvalue weighted by Gasteiger charge is -2.20. The van der Waals surface area contributed by atoms with Gasteiger partial charge in [0.25, 0.3) is 0 Å². The van der Waals surface area contributed by atoms with Crippen molar-refractivity contribution in [3.05, 3.63) is 125 Å². The van der Waals surface area contributed by atoms with Gasteiger partial charge in [-0.05, 0) is 42.0 Å². The molecule has 0 radical (unpaired) electrons. The highest BCUT2D eigenvalue weighted by atomic mass is 35.5. The van der Waals surface area contributed by atoms with Gasteiger partial charge in [-0.25, -0.2) is 19.9 Å². The molecule has 40 heavy (non-hydrogen) atoms. The minimum absolute atomic E-state index is 0.220. The fraction of sp³-hybridized carbons (Fsp3) is 0.103. The van der Waals surface area contributed by atoms with Crippen LogP contribution >= 0.6 is 35.0 Å². The van der Waals surface area contributed by atoms with Crippen molar-refractivity contribution in [2.75, 3.05) is 5.73 Å². The topological polar surface area (TPSA) is 108 Å². The molecular formula is C29H25Cl2N7OS. The number of ether oxygens (including phenoxy) is 1. The number of benzene rings is 3. The number of rotatable bonds is 8. The third-order valence-electron chi connectivity index (χ3n) is 5.84. The molecule has 3 N–H and O–H groups in total. The number of hydrogen-bond donors (Lipinski definition) is 2. The predicted octanol–water partition coefficient (Wildman–Crippen LogP) is 7.23. The fourth-order valence-corrected chi connectivity index (χ4v) is 5.22. The normalized spacial score (nSPS) is 11.7. The maximum absolute atomic E-state index is 6.45. The lowest BCUT2D eigenvalue weighted by Crippen LogP contribution is -2.12. The van der Waals surface area contributed by atoms with Gasteiger partial charge in [0.2, 0.25) is 0 Å². The Hall–Kier alpha value is -3.89. The van der Waals surface area contributed by atoms with E-state index in [1.807, 2.05) is 41.1 Å². The van der Waals surface area contributed by atoms with Gasteiger partial charge in [-0.1, -0.05) is 71.4 Å². The van der Waals surface area contributed by atoms with E-state index in [1.54, 1.807) is 30.4 Å². The van der Waals surface area contributed by atoms with E-state index in [1.165, 1.54) is 22.4 Å². The summed E-state index contributed by atoms with van der Waals surface area (Å²) in [4.78, 5) is 20.9. The Morgan fingerprint density at radius 1 is 0.950 bits per heavy atom. The van der Waals surface area contributed by atoms with Gasteiger partial charge >= 0.3 is 0 Å². The van der Waals surface area contributed by atoms with E-state index in [-0.39, 0.29) is 6.10 Å². The highest BCUT2D eigenvalue weighted by Crippen LogP contribution is 2.31. The molecule has 0 aliphatic heterocycles. The minimum atomic E-state index is -0.220. The maximum Gasteiger partial charge on any atom is 0.162 e. The van der Waals surface area contributed by atoms with E-state index in [2.05, 4.69) is 61.3 Å². The van der Waals surface area contributed by atoms with Crippen LogP contribution in [-0.4, -0.2) is 29.5 Å². The second-order valence-corrected chi connectivity index (χ2v) is 10.6. The molecule has 3 aromatic carbocycles. The van der Waals surface area contributed by atoms with Gasteiger partial charge in [0, 0.05) is 37.8 Å². The van der Waals surface area contributed by atoms with Crippen LogP contribution in [0.4, 0.5) is 5.82 Å². The molecule has 0 saturated carbocycles. The van der Waals surface area contributed by atoms with Crippen LogP contribution in [-0.2, 0) is 17.9 Å². The molecule has 1 atom stereocenters. The monoisotopic (exact) mass is 589 g/mol. The number of fused-ring (bicyclic) bond motifs is 1. The lowest BCUT2D eigenvalue weighted by atomic mass is 10.1. The molecular weight excluding hydrogens is 565 g/mol. The molecule has 0 saturated heterocycles. The van der Waals surface area contributed by atoms with Gasteiger partial charge in [0.15, 0.2) is 11.5 Å². The molecule has 11 heteroatoms. The molecule has 0 aliphatic carbocycles. The number of nitrogens with zero attached hydrogens (tertiary/aromatic N) is 5. The van der Waals surface area contributed by atoms with Crippen LogP contribution in [0.3, 0.4) is 0 Å². The van der Waals surface area contributed by atoms with E-state index in [4.69, 9.17) is 33.7 Å². The molecule has 3 heterocycles. The SMILES string of the molecule is Clc1ccc(C(Cn2ccnc2)OCc2ccc(Sc3ccccc3)cc2)c(Cl)c1.Nc1ncnc2[nH]cnc12. The van der Waals surface area contributed by atoms with E-state index >= 15 is 0 Å². The number of nitrogen functional groups attached to an aromatic ring is 1. The number of aromatic amines is 1. The second kappa shape index (κ2) is 13.5. The van der Waals surface area contributed by atoms with Gasteiger partial charge in [-0.2, -0.15) is 0 Å². The average molecular weight is 591 g/mol. The van der Waals surface area contributed by atoms with Crippen molar-refractivity contribution in [1.82, 2.24) is 29.5 Å². The summed E-state index contributed by atoms with van der Waals surface area (Å²) in [5.41, 5.74) is 8.78. The van der Waals surface area contributed by atoms with Gasteiger partial charge in [-0.3, -0.25) is 0 Å². The summed E-state index contributed by atoms with van der Waals surface area (Å²) in [6, 6.07) is 24.3. The molecule has 0 spiro atoms. The number of hydrogen-bond acceptors (Lipinski definition) is 7. The highest BCUT2D eigenvalue weighted by molar-refractivity contribution is 7.99. The number of nitrogens with two attached hydrogens (primary N) is 1. The number of imidazole rings is 2. The van der Waals surface area contributed by atoms with Crippen LogP contribution in [0.5, 0.6) is 0 Å². The Bertz CT molecular complexity index is 1640. The van der Waals surface area contributed by atoms with E-state index in [9.17, 15) is 0 Å². The molecule has 0 amide bonds. The summed E-state index contributed by atoms with van der Waals surface area (Å²) < 4.78 is 8.26. The van der Waals surface area contributed by atoms with Crippen molar-refractivity contribution in [1.29, 1.82) is 0 Å². The number of H-pyrrole nitrogens is 1. The molecule has 0 fully saturated rings. The van der Waals surface area contributed by atoms with Crippen molar-refractivity contribution < 1.29 is 4.74 Å². The smallest absolute Gasteiger partial charge is 0.162 e. The molecule has 202 valence electrons. The maximum atomic E-state index is 6.45. The number of anilines is 1. The minimum Gasteiger partial charge on any atom is -0.382 e. The van der Waals surface area contributed by atoms with Gasteiger partial charge in [0.1, 0.15) is 17.9 Å². The molecule has 1 unspecified atom stereocenters. The van der Waals surface area contributed by atoms with Crippen molar-refractivity contribution in [2.24, 2.45) is 0 Å². The van der Waals surface area contributed by atoms with E-state index in [0.717, 1.165) is 11.1 Å². The van der Waals surface area contributed by atoms with Crippen LogP contribution in [0.15, 0.2) is 114 Å². The first-order valence-electron chi connectivity index (χ1n) is 12.3. The van der Waals surface area contributed by atoms with E-state index in [0.29, 0.717) is 40.2 Å². The third-order valence-corrected chi connectivity index (χ3v) is 7.42. The lowest BCUT2D eigenvalue weighted by molar-refractivity contribution is 0.0280. The third kappa shape index (κ3) is 7.40. The molecule has 0 bridgehead atoms. The zero-order chi connectivity index (χ0) is 27.7. The molecule has 0 aliphatic rings. The quantitative estimate of drug-likeness (QED) is 0.193. The second-order valence-electron chi connectivity index (χ2n) is 8.64. The molecule has 6 aromatic rings. The first-order chi connectivity index (χ1) is 19.5. The van der Waals surface area contributed by atoms with Crippen LogP contribution in [0.25, 0.3) is 11.2 Å². The van der Waals surface area contributed by atoms with Gasteiger partial charge < -0.3 is 20.0 Å². The predicted molar refractivity (Wildman–Crippen MR) is 159 cm³/mol. The Labute approximate surface area is 245 Å². The average Bonchev–Trinajstić information content (AvgIpc) is 3.66. The molecule has 8 nitrogen and oxygen atoms in total. The summed E-state index contributed by atoms with van der Waals surface area (Å²) in [6.07, 6.45) is 8.16. The summed E-state index contributed by atoms with van der Waals surface area (Å²) in [5, 5.41) is 1.21. The Morgan fingerprint density at radius 3 is 2.48 bits per heavy atom. The summed E-state index contributed by atoms with van der Waals surface area (Å²) in [6.45, 7) is 1.10. The zero-order valence-electron chi connectivity index (χ0n) is 21.2. The van der Waals surface area contributed by atoms with Crippen molar-refractivity contribution in [3.63, 3.8) is 0 Å². The van der Waals surface area contributed by atoms with Crippen molar-refractivity contribution >= 4 is 51.9 Å².